The average Bonchev–Trinajstić information content (AvgIpc) is 3.36. The second-order valence-electron chi connectivity index (χ2n) is 8.39. The number of benzene rings is 3. The molecule has 4 rings (SSSR count). The molecule has 0 radical (unpaired) electrons. The minimum Gasteiger partial charge on any atom is -0.482 e. The Morgan fingerprint density at radius 2 is 1.82 bits per heavy atom. The molecule has 200 valence electrons. The summed E-state index contributed by atoms with van der Waals surface area (Å²) in [5.74, 6) is -2.60. The highest BCUT2D eigenvalue weighted by Gasteiger charge is 2.29. The van der Waals surface area contributed by atoms with Gasteiger partial charge in [0, 0.05) is 22.8 Å². The largest absolute Gasteiger partial charge is 0.482 e. The number of anilines is 1. The van der Waals surface area contributed by atoms with Crippen LogP contribution in [0.4, 0.5) is 23.2 Å². The van der Waals surface area contributed by atoms with Crippen molar-refractivity contribution in [3.05, 3.63) is 81.6 Å². The Hall–Kier alpha value is -3.34. The molecule has 3 aromatic rings. The molecule has 1 atom stereocenters. The molecule has 6 nitrogen and oxygen atoms in total. The third-order valence-corrected chi connectivity index (χ3v) is 6.26. The lowest BCUT2D eigenvalue weighted by Crippen LogP contribution is -2.34. The van der Waals surface area contributed by atoms with Crippen molar-refractivity contribution in [2.24, 2.45) is 0 Å². The lowest BCUT2D eigenvalue weighted by Gasteiger charge is -2.17. The van der Waals surface area contributed by atoms with E-state index in [9.17, 15) is 27.2 Å². The Balaban J connectivity index is 1.66. The first-order valence-corrected chi connectivity index (χ1v) is 12.0. The van der Waals surface area contributed by atoms with Gasteiger partial charge in [0.2, 0.25) is 0 Å². The average molecular weight is 571 g/mol. The molecule has 2 amide bonds. The van der Waals surface area contributed by atoms with E-state index in [0.29, 0.717) is 30.8 Å². The Labute approximate surface area is 224 Å². The van der Waals surface area contributed by atoms with Gasteiger partial charge in [-0.3, -0.25) is 9.59 Å². The minimum atomic E-state index is -4.67. The molecule has 2 N–H and O–H groups in total. The van der Waals surface area contributed by atoms with Crippen molar-refractivity contribution < 1.29 is 36.6 Å². The Kier molecular flexibility index (Phi) is 8.44. The molecule has 0 aromatic heterocycles. The van der Waals surface area contributed by atoms with Crippen LogP contribution in [0.5, 0.6) is 5.75 Å². The quantitative estimate of drug-likeness (QED) is 0.317. The predicted molar refractivity (Wildman–Crippen MR) is 134 cm³/mol. The number of nitrogens with one attached hydrogen (secondary N) is 2. The summed E-state index contributed by atoms with van der Waals surface area (Å²) >= 11 is 12.3. The molecular formula is C26H20Cl2F4N2O4. The van der Waals surface area contributed by atoms with Crippen LogP contribution in [0.15, 0.2) is 54.6 Å². The van der Waals surface area contributed by atoms with E-state index in [1.165, 1.54) is 48.5 Å². The van der Waals surface area contributed by atoms with Gasteiger partial charge in [-0.05, 0) is 54.4 Å². The predicted octanol–water partition coefficient (Wildman–Crippen LogP) is 6.51. The normalized spacial score (nSPS) is 15.3. The van der Waals surface area contributed by atoms with Gasteiger partial charge in [0.25, 0.3) is 11.8 Å². The van der Waals surface area contributed by atoms with Crippen LogP contribution in [0.3, 0.4) is 0 Å². The maximum atomic E-state index is 14.2. The molecule has 1 heterocycles. The second-order valence-corrected chi connectivity index (χ2v) is 9.21. The standard InChI is InChI=1S/C26H20Cl2F4N2O4/c27-18-6-4-15(24(35)33-16-8-9-37-12-16)10-17(18)14-5-7-21(22(11-14)38-13-26(30,31)32)34-25(36)23-19(28)2-1-3-20(23)29/h1-7,10-11,16H,8-9,12-13H2,(H,33,35)(H,34,36)/t16-/m1/s1. The Bertz CT molecular complexity index is 1340. The van der Waals surface area contributed by atoms with E-state index in [1.54, 1.807) is 0 Å². The van der Waals surface area contributed by atoms with Gasteiger partial charge >= 0.3 is 6.18 Å². The van der Waals surface area contributed by atoms with Crippen LogP contribution >= 0.6 is 23.2 Å². The zero-order valence-corrected chi connectivity index (χ0v) is 21.0. The summed E-state index contributed by atoms with van der Waals surface area (Å²) < 4.78 is 63.3. The molecule has 3 aromatic carbocycles. The number of alkyl halides is 3. The second kappa shape index (κ2) is 11.6. The van der Waals surface area contributed by atoms with Crippen LogP contribution < -0.4 is 15.4 Å². The maximum Gasteiger partial charge on any atom is 0.422 e. The Morgan fingerprint density at radius 1 is 1.03 bits per heavy atom. The summed E-state index contributed by atoms with van der Waals surface area (Å²) in [5.41, 5.74) is 0.297. The number of ether oxygens (including phenoxy) is 2. The first-order valence-electron chi connectivity index (χ1n) is 11.3. The molecule has 1 aliphatic rings. The van der Waals surface area contributed by atoms with Gasteiger partial charge < -0.3 is 20.1 Å². The summed E-state index contributed by atoms with van der Waals surface area (Å²) in [6.45, 7) is -0.708. The number of carbonyl (C=O) groups is 2. The van der Waals surface area contributed by atoms with Crippen molar-refractivity contribution >= 4 is 40.7 Å². The van der Waals surface area contributed by atoms with Crippen molar-refractivity contribution in [2.45, 2.75) is 18.6 Å². The van der Waals surface area contributed by atoms with Crippen LogP contribution in [0.2, 0.25) is 10.0 Å². The highest BCUT2D eigenvalue weighted by molar-refractivity contribution is 6.34. The van der Waals surface area contributed by atoms with Crippen molar-refractivity contribution in [3.8, 4) is 16.9 Å². The molecule has 1 aliphatic heterocycles. The van der Waals surface area contributed by atoms with E-state index < -0.39 is 30.1 Å². The fraction of sp³-hybridized carbons (Fsp3) is 0.231. The van der Waals surface area contributed by atoms with Gasteiger partial charge in [0.1, 0.15) is 11.6 Å². The topological polar surface area (TPSA) is 76.7 Å². The smallest absolute Gasteiger partial charge is 0.422 e. The zero-order valence-electron chi connectivity index (χ0n) is 19.5. The molecule has 0 spiro atoms. The monoisotopic (exact) mass is 570 g/mol. The summed E-state index contributed by atoms with van der Waals surface area (Å²) in [6.07, 6.45) is -4.00. The molecule has 12 heteroatoms. The van der Waals surface area contributed by atoms with Gasteiger partial charge in [-0.15, -0.1) is 0 Å². The van der Waals surface area contributed by atoms with E-state index in [-0.39, 0.29) is 39.0 Å². The summed E-state index contributed by atoms with van der Waals surface area (Å²) in [5, 5.41) is 5.24. The van der Waals surface area contributed by atoms with Crippen LogP contribution in [0.1, 0.15) is 27.1 Å². The molecule has 0 bridgehead atoms. The third-order valence-electron chi connectivity index (χ3n) is 5.62. The maximum absolute atomic E-state index is 14.2. The number of rotatable bonds is 7. The Morgan fingerprint density at radius 3 is 2.50 bits per heavy atom. The number of hydrogen-bond donors (Lipinski definition) is 2. The first kappa shape index (κ1) is 27.7. The lowest BCUT2D eigenvalue weighted by atomic mass is 10.0. The van der Waals surface area contributed by atoms with E-state index in [0.717, 1.165) is 6.07 Å². The minimum absolute atomic E-state index is 0.130. The fourth-order valence-electron chi connectivity index (χ4n) is 3.78. The van der Waals surface area contributed by atoms with Crippen LogP contribution in [0, 0.1) is 5.82 Å². The van der Waals surface area contributed by atoms with E-state index >= 15 is 0 Å². The number of carbonyl (C=O) groups excluding carboxylic acids is 2. The molecule has 0 aliphatic carbocycles. The third kappa shape index (κ3) is 6.75. The number of amides is 2. The van der Waals surface area contributed by atoms with E-state index in [4.69, 9.17) is 32.7 Å². The van der Waals surface area contributed by atoms with Gasteiger partial charge in [-0.2, -0.15) is 13.2 Å². The van der Waals surface area contributed by atoms with Crippen molar-refractivity contribution in [2.75, 3.05) is 25.1 Å². The van der Waals surface area contributed by atoms with Gasteiger partial charge in [-0.25, -0.2) is 4.39 Å². The first-order chi connectivity index (χ1) is 18.0. The van der Waals surface area contributed by atoms with Crippen LogP contribution in [-0.2, 0) is 4.74 Å². The van der Waals surface area contributed by atoms with Gasteiger partial charge in [0.05, 0.1) is 28.9 Å². The highest BCUT2D eigenvalue weighted by Crippen LogP contribution is 2.36. The summed E-state index contributed by atoms with van der Waals surface area (Å²) in [6, 6.07) is 12.0. The lowest BCUT2D eigenvalue weighted by molar-refractivity contribution is -0.153. The van der Waals surface area contributed by atoms with Crippen molar-refractivity contribution in [1.29, 1.82) is 0 Å². The van der Waals surface area contributed by atoms with E-state index in [1.807, 2.05) is 0 Å². The molecular weight excluding hydrogens is 551 g/mol. The number of hydrogen-bond acceptors (Lipinski definition) is 4. The van der Waals surface area contributed by atoms with Crippen LogP contribution in [-0.4, -0.2) is 43.9 Å². The SMILES string of the molecule is O=C(N[C@@H]1CCOC1)c1ccc(Cl)c(-c2ccc(NC(=O)c3c(F)cccc3Cl)c(OCC(F)(F)F)c2)c1. The molecule has 1 saturated heterocycles. The fourth-order valence-corrected chi connectivity index (χ4v) is 4.25. The van der Waals surface area contributed by atoms with E-state index in [2.05, 4.69) is 10.6 Å². The van der Waals surface area contributed by atoms with Gasteiger partial charge in [0.15, 0.2) is 6.61 Å². The molecule has 38 heavy (non-hydrogen) atoms. The molecule has 1 fully saturated rings. The van der Waals surface area contributed by atoms with Crippen LogP contribution in [0.25, 0.3) is 11.1 Å². The molecule has 0 saturated carbocycles. The highest BCUT2D eigenvalue weighted by atomic mass is 35.5. The van der Waals surface area contributed by atoms with Crippen molar-refractivity contribution in [3.63, 3.8) is 0 Å². The summed E-state index contributed by atoms with van der Waals surface area (Å²) in [4.78, 5) is 25.4. The summed E-state index contributed by atoms with van der Waals surface area (Å²) in [7, 11) is 0. The zero-order chi connectivity index (χ0) is 27.4. The van der Waals surface area contributed by atoms with Crippen molar-refractivity contribution in [1.82, 2.24) is 5.32 Å². The molecule has 0 unspecified atom stereocenters. The van der Waals surface area contributed by atoms with Gasteiger partial charge in [-0.1, -0.05) is 35.3 Å². The number of halogens is 6.